The number of carbonyl (C=O) groups excluding carboxylic acids is 3. The van der Waals surface area contributed by atoms with Crippen LogP contribution in [0, 0.1) is 11.3 Å². The van der Waals surface area contributed by atoms with E-state index in [-0.39, 0.29) is 24.1 Å². The quantitative estimate of drug-likeness (QED) is 0.699. The largest absolute Gasteiger partial charge is 0.322 e. The third-order valence-corrected chi connectivity index (χ3v) is 7.32. The van der Waals surface area contributed by atoms with E-state index in [9.17, 15) is 14.4 Å². The molecule has 0 bridgehead atoms. The molecule has 5 rings (SSSR count). The molecule has 0 aliphatic carbocycles. The smallest absolute Gasteiger partial charge is 0.255 e. The van der Waals surface area contributed by atoms with Gasteiger partial charge >= 0.3 is 0 Å². The highest BCUT2D eigenvalue weighted by Gasteiger charge is 2.39. The summed E-state index contributed by atoms with van der Waals surface area (Å²) in [7, 11) is 0. The molecule has 0 radical (unpaired) electrons. The zero-order valence-electron chi connectivity index (χ0n) is 19.1. The number of likely N-dealkylation sites (tertiary alicyclic amines) is 1. The summed E-state index contributed by atoms with van der Waals surface area (Å²) in [6, 6.07) is 16.0. The van der Waals surface area contributed by atoms with Crippen LogP contribution in [0.15, 0.2) is 42.5 Å². The molecule has 0 unspecified atom stereocenters. The molecule has 2 aromatic carbocycles. The van der Waals surface area contributed by atoms with Crippen molar-refractivity contribution in [3.05, 3.63) is 70.3 Å². The summed E-state index contributed by atoms with van der Waals surface area (Å²) in [6.45, 7) is 3.38. The second-order valence-corrected chi connectivity index (χ2v) is 9.52. The Morgan fingerprint density at radius 3 is 2.41 bits per heavy atom. The fourth-order valence-electron chi connectivity index (χ4n) is 5.38. The van der Waals surface area contributed by atoms with E-state index in [0.717, 1.165) is 43.6 Å². The van der Waals surface area contributed by atoms with Gasteiger partial charge < -0.3 is 4.90 Å². The highest BCUT2D eigenvalue weighted by Crippen LogP contribution is 2.34. The fourth-order valence-corrected chi connectivity index (χ4v) is 5.38. The maximum absolute atomic E-state index is 12.9. The third kappa shape index (κ3) is 4.46. The number of fused-ring (bicyclic) bond motifs is 1. The highest BCUT2D eigenvalue weighted by molar-refractivity contribution is 6.05. The lowest BCUT2D eigenvalue weighted by atomic mass is 9.87. The molecule has 2 aromatic rings. The minimum absolute atomic E-state index is 0.119. The molecule has 3 aliphatic heterocycles. The van der Waals surface area contributed by atoms with E-state index in [1.165, 1.54) is 11.1 Å². The maximum atomic E-state index is 12.9. The van der Waals surface area contributed by atoms with Gasteiger partial charge in [0, 0.05) is 25.1 Å². The molecule has 2 fully saturated rings. The molecule has 7 heteroatoms. The van der Waals surface area contributed by atoms with E-state index < -0.39 is 6.04 Å². The second-order valence-electron chi connectivity index (χ2n) is 9.52. The summed E-state index contributed by atoms with van der Waals surface area (Å²) in [5.41, 5.74) is 5.23. The van der Waals surface area contributed by atoms with Crippen LogP contribution in [0.1, 0.15) is 64.2 Å². The maximum Gasteiger partial charge on any atom is 0.255 e. The second kappa shape index (κ2) is 9.40. The minimum Gasteiger partial charge on any atom is -0.322 e. The van der Waals surface area contributed by atoms with Gasteiger partial charge in [0.2, 0.25) is 11.8 Å². The van der Waals surface area contributed by atoms with Gasteiger partial charge in [-0.1, -0.05) is 36.4 Å². The van der Waals surface area contributed by atoms with Gasteiger partial charge in [-0.25, -0.2) is 0 Å². The summed E-state index contributed by atoms with van der Waals surface area (Å²) in [5.74, 6) is -0.300. The van der Waals surface area contributed by atoms with Crippen LogP contribution in [-0.4, -0.2) is 46.7 Å². The van der Waals surface area contributed by atoms with Crippen LogP contribution >= 0.6 is 0 Å². The molecule has 1 N–H and O–H groups in total. The van der Waals surface area contributed by atoms with Crippen LogP contribution in [0.3, 0.4) is 0 Å². The number of hydrogen-bond donors (Lipinski definition) is 1. The molecular formula is C27H28N4O3. The van der Waals surface area contributed by atoms with E-state index in [4.69, 9.17) is 5.26 Å². The van der Waals surface area contributed by atoms with E-state index in [2.05, 4.69) is 40.6 Å². The molecule has 0 saturated carbocycles. The van der Waals surface area contributed by atoms with Crippen molar-refractivity contribution in [1.82, 2.24) is 15.1 Å². The van der Waals surface area contributed by atoms with Crippen molar-refractivity contribution in [3.63, 3.8) is 0 Å². The molecule has 3 aliphatic rings. The number of hydrogen-bond acceptors (Lipinski definition) is 5. The van der Waals surface area contributed by atoms with Crippen molar-refractivity contribution in [2.75, 3.05) is 13.1 Å². The molecule has 7 nitrogen and oxygen atoms in total. The number of nitrogens with one attached hydrogen (secondary N) is 1. The van der Waals surface area contributed by atoms with Crippen LogP contribution < -0.4 is 5.32 Å². The highest BCUT2D eigenvalue weighted by atomic mass is 16.2. The Kier molecular flexibility index (Phi) is 6.16. The number of nitrogens with zero attached hydrogens (tertiary/aromatic N) is 3. The Hall–Kier alpha value is -3.50. The van der Waals surface area contributed by atoms with Crippen LogP contribution in [0.4, 0.5) is 0 Å². The number of rotatable bonds is 5. The molecule has 0 aromatic heterocycles. The molecule has 1 atom stereocenters. The first kappa shape index (κ1) is 22.3. The van der Waals surface area contributed by atoms with E-state index >= 15 is 0 Å². The zero-order valence-corrected chi connectivity index (χ0v) is 19.1. The lowest BCUT2D eigenvalue weighted by Crippen LogP contribution is -2.52. The first-order chi connectivity index (χ1) is 16.5. The Morgan fingerprint density at radius 1 is 0.971 bits per heavy atom. The van der Waals surface area contributed by atoms with Gasteiger partial charge in [-0.15, -0.1) is 0 Å². The molecule has 174 valence electrons. The average Bonchev–Trinajstić information content (AvgIpc) is 3.16. The van der Waals surface area contributed by atoms with E-state index in [0.29, 0.717) is 30.9 Å². The molecule has 3 heterocycles. The van der Waals surface area contributed by atoms with Crippen LogP contribution in [0.25, 0.3) is 0 Å². The van der Waals surface area contributed by atoms with Crippen molar-refractivity contribution >= 4 is 17.7 Å². The van der Waals surface area contributed by atoms with Gasteiger partial charge in [0.25, 0.3) is 5.91 Å². The fraction of sp³-hybridized carbons (Fsp3) is 0.407. The summed E-state index contributed by atoms with van der Waals surface area (Å²) in [4.78, 5) is 40.7. The molecule has 2 saturated heterocycles. The van der Waals surface area contributed by atoms with Gasteiger partial charge in [-0.05, 0) is 66.6 Å². The average molecular weight is 457 g/mol. The lowest BCUT2D eigenvalue weighted by Gasteiger charge is -2.32. The number of amides is 3. The summed E-state index contributed by atoms with van der Waals surface area (Å²) in [5, 5.41) is 11.2. The predicted molar refractivity (Wildman–Crippen MR) is 125 cm³/mol. The summed E-state index contributed by atoms with van der Waals surface area (Å²) < 4.78 is 0. The SMILES string of the molecule is N#CCc1ccc(CN2CCC(c3ccc4c(c3)CN([C@H]3CCC(=O)NC3=O)C4=O)CC2)cc1. The number of imide groups is 1. The van der Waals surface area contributed by atoms with Gasteiger partial charge in [-0.3, -0.25) is 24.6 Å². The van der Waals surface area contributed by atoms with Crippen LogP contribution in [0.2, 0.25) is 0 Å². The Morgan fingerprint density at radius 2 is 1.71 bits per heavy atom. The van der Waals surface area contributed by atoms with Crippen molar-refractivity contribution in [2.45, 2.75) is 57.2 Å². The first-order valence-electron chi connectivity index (χ1n) is 12.0. The number of carbonyl (C=O) groups is 3. The molecule has 34 heavy (non-hydrogen) atoms. The van der Waals surface area contributed by atoms with Crippen molar-refractivity contribution in [3.8, 4) is 6.07 Å². The minimum atomic E-state index is -0.571. The van der Waals surface area contributed by atoms with Crippen molar-refractivity contribution in [2.24, 2.45) is 0 Å². The molecule has 0 spiro atoms. The predicted octanol–water partition coefficient (Wildman–Crippen LogP) is 2.89. The van der Waals surface area contributed by atoms with Crippen LogP contribution in [0.5, 0.6) is 0 Å². The molecular weight excluding hydrogens is 428 g/mol. The monoisotopic (exact) mass is 456 g/mol. The van der Waals surface area contributed by atoms with E-state index in [1.807, 2.05) is 18.2 Å². The third-order valence-electron chi connectivity index (χ3n) is 7.32. The Bertz CT molecular complexity index is 1160. The number of piperidine rings is 2. The lowest BCUT2D eigenvalue weighted by molar-refractivity contribution is -0.136. The van der Waals surface area contributed by atoms with Gasteiger partial charge in [-0.2, -0.15) is 5.26 Å². The van der Waals surface area contributed by atoms with Crippen molar-refractivity contribution < 1.29 is 14.4 Å². The van der Waals surface area contributed by atoms with Crippen LogP contribution in [-0.2, 0) is 29.1 Å². The van der Waals surface area contributed by atoms with Gasteiger partial charge in [0.05, 0.1) is 12.5 Å². The Labute approximate surface area is 199 Å². The molecule has 3 amide bonds. The zero-order chi connectivity index (χ0) is 23.7. The topological polar surface area (TPSA) is 93.5 Å². The van der Waals surface area contributed by atoms with Gasteiger partial charge in [0.1, 0.15) is 6.04 Å². The first-order valence-corrected chi connectivity index (χ1v) is 12.0. The summed E-state index contributed by atoms with van der Waals surface area (Å²) >= 11 is 0. The number of nitriles is 1. The summed E-state index contributed by atoms with van der Waals surface area (Å²) in [6.07, 6.45) is 3.23. The normalized spacial score (nSPS) is 21.3. The standard InChI is InChI=1S/C27H28N4O3/c28-12-9-18-1-3-19(4-2-18)16-30-13-10-20(11-14-30)21-5-6-23-22(15-21)17-31(27(23)34)24-7-8-25(32)29-26(24)33/h1-6,15,20,24H,7-11,13-14,16-17H2,(H,29,32,33)/t24-/m0/s1. The number of benzene rings is 2. The van der Waals surface area contributed by atoms with Crippen molar-refractivity contribution in [1.29, 1.82) is 5.26 Å². The Balaban J connectivity index is 1.19. The van der Waals surface area contributed by atoms with Gasteiger partial charge in [0.15, 0.2) is 0 Å². The van der Waals surface area contributed by atoms with E-state index in [1.54, 1.807) is 4.90 Å².